The monoisotopic (exact) mass is 471 g/mol. The summed E-state index contributed by atoms with van der Waals surface area (Å²) in [7, 11) is 1.54. The fourth-order valence-corrected chi connectivity index (χ4v) is 3.05. The molecule has 2 N–H and O–H groups in total. The summed E-state index contributed by atoms with van der Waals surface area (Å²) >= 11 is 12.1. The molecule has 3 aromatic rings. The van der Waals surface area contributed by atoms with Crippen molar-refractivity contribution in [2.75, 3.05) is 12.4 Å². The quantitative estimate of drug-likeness (QED) is 0.297. The van der Waals surface area contributed by atoms with E-state index in [1.165, 1.54) is 13.3 Å². The van der Waals surface area contributed by atoms with Crippen LogP contribution < -0.4 is 20.2 Å². The average Bonchev–Trinajstić information content (AvgIpc) is 2.79. The lowest BCUT2D eigenvalue weighted by Crippen LogP contribution is -2.32. The largest absolute Gasteiger partial charge is 0.497 e. The van der Waals surface area contributed by atoms with E-state index >= 15 is 0 Å². The molecule has 0 aromatic heterocycles. The van der Waals surface area contributed by atoms with Gasteiger partial charge < -0.3 is 14.8 Å². The predicted octanol–water partition coefficient (Wildman–Crippen LogP) is 4.67. The number of amides is 2. The van der Waals surface area contributed by atoms with Gasteiger partial charge in [-0.15, -0.1) is 0 Å². The van der Waals surface area contributed by atoms with Crippen LogP contribution in [0.4, 0.5) is 5.69 Å². The molecule has 3 rings (SSSR count). The number of nitrogens with zero attached hydrogens (tertiary/aromatic N) is 1. The number of benzene rings is 3. The molecule has 3 aromatic carbocycles. The summed E-state index contributed by atoms with van der Waals surface area (Å²) in [6, 6.07) is 18.8. The lowest BCUT2D eigenvalue weighted by molar-refractivity contribution is -0.136. The lowest BCUT2D eigenvalue weighted by Gasteiger charge is -2.10. The number of hydrogen-bond acceptors (Lipinski definition) is 5. The third-order valence-electron chi connectivity index (χ3n) is 4.24. The average molecular weight is 472 g/mol. The van der Waals surface area contributed by atoms with Crippen LogP contribution in [-0.4, -0.2) is 25.1 Å². The Morgan fingerprint density at radius 2 is 1.75 bits per heavy atom. The van der Waals surface area contributed by atoms with E-state index in [2.05, 4.69) is 15.8 Å². The zero-order valence-corrected chi connectivity index (χ0v) is 18.5. The number of anilines is 1. The van der Waals surface area contributed by atoms with E-state index in [4.69, 9.17) is 32.7 Å². The Bertz CT molecular complexity index is 1130. The van der Waals surface area contributed by atoms with Gasteiger partial charge in [-0.05, 0) is 48.5 Å². The second kappa shape index (κ2) is 11.2. The zero-order valence-electron chi connectivity index (χ0n) is 17.0. The first-order valence-corrected chi connectivity index (χ1v) is 10.2. The Labute approximate surface area is 194 Å². The van der Waals surface area contributed by atoms with E-state index in [1.807, 2.05) is 0 Å². The molecule has 0 radical (unpaired) electrons. The van der Waals surface area contributed by atoms with Crippen LogP contribution in [0, 0.1) is 0 Å². The summed E-state index contributed by atoms with van der Waals surface area (Å²) in [6.07, 6.45) is 1.39. The third kappa shape index (κ3) is 6.47. The van der Waals surface area contributed by atoms with E-state index in [1.54, 1.807) is 66.7 Å². The molecule has 32 heavy (non-hydrogen) atoms. The van der Waals surface area contributed by atoms with Crippen molar-refractivity contribution in [2.24, 2.45) is 5.10 Å². The van der Waals surface area contributed by atoms with Crippen molar-refractivity contribution < 1.29 is 19.1 Å². The number of para-hydroxylation sites is 1. The third-order valence-corrected chi connectivity index (χ3v) is 4.83. The maximum Gasteiger partial charge on any atom is 0.329 e. The molecule has 7 nitrogen and oxygen atoms in total. The first-order chi connectivity index (χ1) is 15.5. The van der Waals surface area contributed by atoms with Crippen molar-refractivity contribution in [1.82, 2.24) is 5.43 Å². The summed E-state index contributed by atoms with van der Waals surface area (Å²) in [5.41, 5.74) is 4.02. The second-order valence-electron chi connectivity index (χ2n) is 6.44. The molecule has 0 spiro atoms. The molecule has 0 aliphatic carbocycles. The topological polar surface area (TPSA) is 89.0 Å². The Hall–Kier alpha value is -3.55. The fourth-order valence-electron chi connectivity index (χ4n) is 2.59. The van der Waals surface area contributed by atoms with Crippen LogP contribution in [0.25, 0.3) is 0 Å². The van der Waals surface area contributed by atoms with Gasteiger partial charge in [0.25, 0.3) is 0 Å². The van der Waals surface area contributed by atoms with Crippen LogP contribution in [0.1, 0.15) is 11.1 Å². The van der Waals surface area contributed by atoms with Gasteiger partial charge in [0, 0.05) is 26.9 Å². The molecular formula is C23H19Cl2N3O4. The number of rotatable bonds is 7. The fraction of sp³-hybridized carbons (Fsp3) is 0.0870. The number of carbonyl (C=O) groups is 2. The van der Waals surface area contributed by atoms with Gasteiger partial charge in [0.2, 0.25) is 0 Å². The first kappa shape index (κ1) is 23.1. The minimum atomic E-state index is -0.914. The van der Waals surface area contributed by atoms with Gasteiger partial charge in [-0.2, -0.15) is 5.10 Å². The van der Waals surface area contributed by atoms with Gasteiger partial charge in [0.1, 0.15) is 18.1 Å². The molecule has 0 aliphatic rings. The van der Waals surface area contributed by atoms with Crippen molar-refractivity contribution in [2.45, 2.75) is 6.61 Å². The minimum absolute atomic E-state index is 0.220. The number of carbonyl (C=O) groups excluding carboxylic acids is 2. The number of hydrogen-bond donors (Lipinski definition) is 2. The Morgan fingerprint density at radius 1 is 1.00 bits per heavy atom. The van der Waals surface area contributed by atoms with Crippen molar-refractivity contribution in [3.05, 3.63) is 87.9 Å². The number of nitrogens with one attached hydrogen (secondary N) is 2. The standard InChI is InChI=1S/C23H19Cl2N3O4/c1-31-19-10-8-18(9-11-19)27-22(29)23(30)28-26-13-15-4-2-3-5-21(15)32-14-16-6-7-17(24)12-20(16)25/h2-13H,14H2,1H3,(H,27,29)(H,28,30)/b26-13-. The molecule has 9 heteroatoms. The summed E-state index contributed by atoms with van der Waals surface area (Å²) in [6.45, 7) is 0.220. The smallest absolute Gasteiger partial charge is 0.329 e. The van der Waals surface area contributed by atoms with Crippen LogP contribution in [0.3, 0.4) is 0 Å². The summed E-state index contributed by atoms with van der Waals surface area (Å²) in [5, 5.41) is 7.36. The molecular weight excluding hydrogens is 453 g/mol. The molecule has 0 bridgehead atoms. The maximum absolute atomic E-state index is 12.0. The van der Waals surface area contributed by atoms with Crippen LogP contribution in [0.2, 0.25) is 10.0 Å². The molecule has 0 saturated carbocycles. The van der Waals surface area contributed by atoms with Crippen molar-refractivity contribution in [1.29, 1.82) is 0 Å². The molecule has 0 heterocycles. The highest BCUT2D eigenvalue weighted by atomic mass is 35.5. The van der Waals surface area contributed by atoms with Gasteiger partial charge in [0.05, 0.1) is 13.3 Å². The van der Waals surface area contributed by atoms with Gasteiger partial charge in [-0.3, -0.25) is 9.59 Å². The number of hydrazone groups is 1. The van der Waals surface area contributed by atoms with Crippen LogP contribution in [0.5, 0.6) is 11.5 Å². The van der Waals surface area contributed by atoms with Crippen LogP contribution >= 0.6 is 23.2 Å². The Morgan fingerprint density at radius 3 is 2.47 bits per heavy atom. The summed E-state index contributed by atoms with van der Waals surface area (Å²) < 4.78 is 10.9. The van der Waals surface area contributed by atoms with Gasteiger partial charge in [-0.1, -0.05) is 41.4 Å². The van der Waals surface area contributed by atoms with Crippen molar-refractivity contribution in [3.8, 4) is 11.5 Å². The highest BCUT2D eigenvalue weighted by molar-refractivity contribution is 6.39. The highest BCUT2D eigenvalue weighted by Gasteiger charge is 2.13. The first-order valence-electron chi connectivity index (χ1n) is 9.40. The van der Waals surface area contributed by atoms with Crippen LogP contribution in [-0.2, 0) is 16.2 Å². The molecule has 0 atom stereocenters. The molecule has 0 unspecified atom stereocenters. The lowest BCUT2D eigenvalue weighted by atomic mass is 10.2. The summed E-state index contributed by atoms with van der Waals surface area (Å²) in [5.74, 6) is -0.604. The number of methoxy groups -OCH3 is 1. The van der Waals surface area contributed by atoms with Crippen LogP contribution in [0.15, 0.2) is 71.8 Å². The minimum Gasteiger partial charge on any atom is -0.497 e. The van der Waals surface area contributed by atoms with Crippen molar-refractivity contribution >= 4 is 46.9 Å². The molecule has 2 amide bonds. The number of ether oxygens (including phenoxy) is 2. The Kier molecular flexibility index (Phi) is 8.08. The molecule has 0 aliphatic heterocycles. The maximum atomic E-state index is 12.0. The van der Waals surface area contributed by atoms with Crippen molar-refractivity contribution in [3.63, 3.8) is 0 Å². The molecule has 164 valence electrons. The summed E-state index contributed by atoms with van der Waals surface area (Å²) in [4.78, 5) is 24.0. The van der Waals surface area contributed by atoms with E-state index in [9.17, 15) is 9.59 Å². The Balaban J connectivity index is 1.57. The second-order valence-corrected chi connectivity index (χ2v) is 7.29. The number of halogens is 2. The SMILES string of the molecule is COc1ccc(NC(=O)C(=O)N/N=C\c2ccccc2OCc2ccc(Cl)cc2Cl)cc1. The molecule has 0 fully saturated rings. The molecule has 0 saturated heterocycles. The van der Waals surface area contributed by atoms with Gasteiger partial charge in [-0.25, -0.2) is 5.43 Å². The normalized spacial score (nSPS) is 10.6. The zero-order chi connectivity index (χ0) is 22.9. The highest BCUT2D eigenvalue weighted by Crippen LogP contribution is 2.24. The van der Waals surface area contributed by atoms with Gasteiger partial charge in [0.15, 0.2) is 0 Å². The predicted molar refractivity (Wildman–Crippen MR) is 125 cm³/mol. The van der Waals surface area contributed by atoms with E-state index in [-0.39, 0.29) is 6.61 Å². The van der Waals surface area contributed by atoms with E-state index in [0.717, 1.165) is 5.56 Å². The van der Waals surface area contributed by atoms with E-state index in [0.29, 0.717) is 32.8 Å². The van der Waals surface area contributed by atoms with E-state index < -0.39 is 11.8 Å². The van der Waals surface area contributed by atoms with Gasteiger partial charge >= 0.3 is 11.8 Å².